The molecule has 7 nitrogen and oxygen atoms in total. The molecule has 37 heavy (non-hydrogen) atoms. The van der Waals surface area contributed by atoms with E-state index in [1.807, 2.05) is 6.92 Å². The first-order chi connectivity index (χ1) is 17.4. The minimum atomic E-state index is -3.97. The predicted octanol–water partition coefficient (Wildman–Crippen LogP) is 5.93. The van der Waals surface area contributed by atoms with E-state index in [2.05, 4.69) is 5.32 Å². The summed E-state index contributed by atoms with van der Waals surface area (Å²) in [6.45, 7) is 1.31. The van der Waals surface area contributed by atoms with E-state index in [1.165, 1.54) is 17.0 Å². The van der Waals surface area contributed by atoms with Crippen molar-refractivity contribution in [3.63, 3.8) is 0 Å². The molecule has 12 heteroatoms. The van der Waals surface area contributed by atoms with E-state index < -0.39 is 28.5 Å². The molecular formula is C25H29Cl4N3O4S. The molecule has 0 aliphatic heterocycles. The van der Waals surface area contributed by atoms with Crippen LogP contribution in [0.4, 0.5) is 5.69 Å². The second kappa shape index (κ2) is 12.9. The molecule has 1 N–H and O–H groups in total. The van der Waals surface area contributed by atoms with Crippen LogP contribution in [0.2, 0.25) is 20.1 Å². The Kier molecular flexibility index (Phi) is 10.4. The van der Waals surface area contributed by atoms with Gasteiger partial charge in [-0.2, -0.15) is 0 Å². The van der Waals surface area contributed by atoms with Crippen molar-refractivity contribution < 1.29 is 18.0 Å². The van der Waals surface area contributed by atoms with E-state index in [9.17, 15) is 18.0 Å². The van der Waals surface area contributed by atoms with Crippen molar-refractivity contribution in [2.45, 2.75) is 57.7 Å². The van der Waals surface area contributed by atoms with Gasteiger partial charge in [0, 0.05) is 17.6 Å². The van der Waals surface area contributed by atoms with E-state index in [0.29, 0.717) is 11.4 Å². The molecule has 0 radical (unpaired) electrons. The van der Waals surface area contributed by atoms with Crippen molar-refractivity contribution in [1.82, 2.24) is 10.2 Å². The van der Waals surface area contributed by atoms with Crippen molar-refractivity contribution in [3.8, 4) is 0 Å². The third-order valence-electron chi connectivity index (χ3n) is 6.29. The van der Waals surface area contributed by atoms with E-state index in [4.69, 9.17) is 46.4 Å². The third kappa shape index (κ3) is 7.90. The Bertz CT molecular complexity index is 1240. The van der Waals surface area contributed by atoms with Gasteiger partial charge in [-0.05, 0) is 49.1 Å². The third-order valence-corrected chi connectivity index (χ3v) is 8.69. The lowest BCUT2D eigenvalue weighted by atomic mass is 10.1. The van der Waals surface area contributed by atoms with Crippen molar-refractivity contribution in [1.29, 1.82) is 0 Å². The number of nitrogens with zero attached hydrogens (tertiary/aromatic N) is 2. The minimum Gasteiger partial charge on any atom is -0.352 e. The van der Waals surface area contributed by atoms with Crippen LogP contribution in [-0.4, -0.2) is 50.0 Å². The van der Waals surface area contributed by atoms with Gasteiger partial charge in [0.25, 0.3) is 0 Å². The Morgan fingerprint density at radius 1 is 1.00 bits per heavy atom. The van der Waals surface area contributed by atoms with E-state index >= 15 is 0 Å². The summed E-state index contributed by atoms with van der Waals surface area (Å²) in [5.41, 5.74) is 0.755. The number of halogens is 4. The van der Waals surface area contributed by atoms with Crippen LogP contribution >= 0.6 is 46.4 Å². The Balaban J connectivity index is 1.96. The molecule has 2 amide bonds. The molecule has 0 aromatic heterocycles. The zero-order chi connectivity index (χ0) is 27.3. The molecule has 0 spiro atoms. The van der Waals surface area contributed by atoms with Crippen molar-refractivity contribution in [3.05, 3.63) is 62.1 Å². The molecule has 2 aromatic carbocycles. The zero-order valence-electron chi connectivity index (χ0n) is 20.5. The second-order valence-corrected chi connectivity index (χ2v) is 12.6. The number of rotatable bonds is 10. The zero-order valence-corrected chi connectivity index (χ0v) is 24.4. The van der Waals surface area contributed by atoms with Gasteiger partial charge in [-0.25, -0.2) is 8.42 Å². The fourth-order valence-electron chi connectivity index (χ4n) is 4.37. The van der Waals surface area contributed by atoms with Crippen LogP contribution in [0.25, 0.3) is 0 Å². The molecule has 0 bridgehead atoms. The lowest BCUT2D eigenvalue weighted by molar-refractivity contribution is -0.140. The molecular weight excluding hydrogens is 580 g/mol. The normalized spacial score (nSPS) is 14.9. The summed E-state index contributed by atoms with van der Waals surface area (Å²) < 4.78 is 26.4. The first kappa shape index (κ1) is 29.8. The van der Waals surface area contributed by atoms with E-state index in [1.54, 1.807) is 24.3 Å². The number of carbonyl (C=O) groups excluding carboxylic acids is 2. The minimum absolute atomic E-state index is 0.0156. The highest BCUT2D eigenvalue weighted by Gasteiger charge is 2.33. The van der Waals surface area contributed by atoms with Gasteiger partial charge in [0.1, 0.15) is 12.6 Å². The van der Waals surface area contributed by atoms with Gasteiger partial charge in [-0.3, -0.25) is 13.9 Å². The molecule has 1 atom stereocenters. The molecule has 1 aliphatic rings. The average Bonchev–Trinajstić information content (AvgIpc) is 3.33. The first-order valence-corrected chi connectivity index (χ1v) is 15.2. The number of benzene rings is 2. The summed E-state index contributed by atoms with van der Waals surface area (Å²) in [5.74, 6) is -0.842. The Morgan fingerprint density at radius 2 is 1.59 bits per heavy atom. The standard InChI is InChI=1S/C25H29Cl4N3O4S/c1-3-22(25(34)30-18-6-4-5-7-18)31(14-16-8-10-17(26)11-9-16)24(33)15-32(37(2,35)36)23-13-20(28)19(27)12-21(23)29/h8-13,18,22H,3-7,14-15H2,1-2H3,(H,30,34)/t22-/m1/s1. The summed E-state index contributed by atoms with van der Waals surface area (Å²) in [5, 5.41) is 3.84. The smallest absolute Gasteiger partial charge is 0.244 e. The predicted molar refractivity (Wildman–Crippen MR) is 150 cm³/mol. The van der Waals surface area contributed by atoms with E-state index in [0.717, 1.165) is 41.8 Å². The van der Waals surface area contributed by atoms with Crippen LogP contribution in [0, 0.1) is 0 Å². The average molecular weight is 609 g/mol. The van der Waals surface area contributed by atoms with Crippen molar-refractivity contribution >= 4 is 73.9 Å². The molecule has 0 unspecified atom stereocenters. The maximum absolute atomic E-state index is 13.8. The molecule has 2 aromatic rings. The molecule has 1 aliphatic carbocycles. The van der Waals surface area contributed by atoms with E-state index in [-0.39, 0.29) is 39.2 Å². The highest BCUT2D eigenvalue weighted by molar-refractivity contribution is 7.92. The molecule has 0 heterocycles. The van der Waals surface area contributed by atoms with Gasteiger partial charge in [0.2, 0.25) is 21.8 Å². The van der Waals surface area contributed by atoms with Crippen LogP contribution in [0.1, 0.15) is 44.6 Å². The van der Waals surface area contributed by atoms with Crippen molar-refractivity contribution in [2.24, 2.45) is 0 Å². The number of amides is 2. The lowest BCUT2D eigenvalue weighted by Gasteiger charge is -2.33. The topological polar surface area (TPSA) is 86.8 Å². The Morgan fingerprint density at radius 3 is 2.16 bits per heavy atom. The van der Waals surface area contributed by atoms with Crippen LogP contribution < -0.4 is 9.62 Å². The van der Waals surface area contributed by atoms with Gasteiger partial charge >= 0.3 is 0 Å². The molecule has 3 rings (SSSR count). The molecule has 1 fully saturated rings. The van der Waals surface area contributed by atoms with Gasteiger partial charge in [-0.15, -0.1) is 0 Å². The quantitative estimate of drug-likeness (QED) is 0.339. The first-order valence-electron chi connectivity index (χ1n) is 11.9. The van der Waals surface area contributed by atoms with Gasteiger partial charge in [0.15, 0.2) is 0 Å². The summed E-state index contributed by atoms with van der Waals surface area (Å²) in [7, 11) is -3.97. The number of carbonyl (C=O) groups is 2. The largest absolute Gasteiger partial charge is 0.352 e. The van der Waals surface area contributed by atoms with Crippen LogP contribution in [-0.2, 0) is 26.2 Å². The Hall–Kier alpha value is -1.71. The summed E-state index contributed by atoms with van der Waals surface area (Å²) in [6.07, 6.45) is 5.18. The maximum atomic E-state index is 13.8. The monoisotopic (exact) mass is 607 g/mol. The van der Waals surface area contributed by atoms with Crippen LogP contribution in [0.15, 0.2) is 36.4 Å². The maximum Gasteiger partial charge on any atom is 0.244 e. The van der Waals surface area contributed by atoms with Gasteiger partial charge < -0.3 is 10.2 Å². The van der Waals surface area contributed by atoms with Gasteiger partial charge in [-0.1, -0.05) is 78.3 Å². The molecule has 0 saturated heterocycles. The summed E-state index contributed by atoms with van der Waals surface area (Å²) >= 11 is 24.5. The molecule has 1 saturated carbocycles. The number of nitrogens with one attached hydrogen (secondary N) is 1. The van der Waals surface area contributed by atoms with Crippen molar-refractivity contribution in [2.75, 3.05) is 17.1 Å². The highest BCUT2D eigenvalue weighted by Crippen LogP contribution is 2.35. The summed E-state index contributed by atoms with van der Waals surface area (Å²) in [4.78, 5) is 28.5. The SMILES string of the molecule is CC[C@H](C(=O)NC1CCCC1)N(Cc1ccc(Cl)cc1)C(=O)CN(c1cc(Cl)c(Cl)cc1Cl)S(C)(=O)=O. The molecule has 202 valence electrons. The lowest BCUT2D eigenvalue weighted by Crippen LogP contribution is -2.53. The van der Waals surface area contributed by atoms with Crippen LogP contribution in [0.5, 0.6) is 0 Å². The number of hydrogen-bond donors (Lipinski definition) is 1. The second-order valence-electron chi connectivity index (χ2n) is 9.05. The fraction of sp³-hybridized carbons (Fsp3) is 0.440. The number of anilines is 1. The van der Waals surface area contributed by atoms with Gasteiger partial charge in [0.05, 0.1) is 27.0 Å². The number of sulfonamides is 1. The summed E-state index contributed by atoms with van der Waals surface area (Å²) in [6, 6.07) is 8.77. The Labute approximate surface area is 238 Å². The highest BCUT2D eigenvalue weighted by atomic mass is 35.5. The van der Waals surface area contributed by atoms with Crippen LogP contribution in [0.3, 0.4) is 0 Å². The number of hydrogen-bond acceptors (Lipinski definition) is 4. The fourth-order valence-corrected chi connectivity index (χ4v) is 6.04.